The van der Waals surface area contributed by atoms with Gasteiger partial charge in [-0.05, 0) is 81.6 Å². The summed E-state index contributed by atoms with van der Waals surface area (Å²) in [6.07, 6.45) is 4.32. The standard InChI is InChI=1S/C34H46N6O2/c1-26-23-29(9-6-16-39-21-19-38(2)20-22-39)35-32-11-10-30(24-31(26)32)37-34(42)13-12-33(41)36-28-14-17-40(18-15-28)25-27-7-4-3-5-8-27/h3-5,7-8,10-11,23-24,28H,6,9,12-22,25H2,1-2H3,(H,36,41)(H,37,42). The van der Waals surface area contributed by atoms with Crippen molar-refractivity contribution in [2.45, 2.75) is 58.0 Å². The average Bonchev–Trinajstić information content (AvgIpc) is 2.99. The fourth-order valence-corrected chi connectivity index (χ4v) is 6.05. The van der Waals surface area contributed by atoms with Gasteiger partial charge < -0.3 is 20.4 Å². The van der Waals surface area contributed by atoms with Crippen molar-refractivity contribution >= 4 is 28.4 Å². The number of amides is 2. The molecule has 8 nitrogen and oxygen atoms in total. The molecule has 0 atom stereocenters. The van der Waals surface area contributed by atoms with Crippen LogP contribution in [0.2, 0.25) is 0 Å². The second-order valence-electron chi connectivity index (χ2n) is 12.1. The smallest absolute Gasteiger partial charge is 0.224 e. The number of hydrogen-bond donors (Lipinski definition) is 2. The number of benzene rings is 2. The Bertz CT molecular complexity index is 1330. The van der Waals surface area contributed by atoms with Crippen molar-refractivity contribution in [3.05, 3.63) is 71.4 Å². The quantitative estimate of drug-likeness (QED) is 0.359. The summed E-state index contributed by atoms with van der Waals surface area (Å²) in [5, 5.41) is 7.16. The van der Waals surface area contributed by atoms with E-state index in [2.05, 4.69) is 69.6 Å². The van der Waals surface area contributed by atoms with Crippen molar-refractivity contribution in [1.29, 1.82) is 0 Å². The van der Waals surface area contributed by atoms with E-state index >= 15 is 0 Å². The molecule has 0 bridgehead atoms. The lowest BCUT2D eigenvalue weighted by Crippen LogP contribution is -2.44. The predicted molar refractivity (Wildman–Crippen MR) is 169 cm³/mol. The van der Waals surface area contributed by atoms with Gasteiger partial charge in [-0.15, -0.1) is 0 Å². The van der Waals surface area contributed by atoms with Crippen molar-refractivity contribution in [2.24, 2.45) is 0 Å². The van der Waals surface area contributed by atoms with Crippen LogP contribution in [0.5, 0.6) is 0 Å². The van der Waals surface area contributed by atoms with E-state index in [-0.39, 0.29) is 30.7 Å². The Labute approximate surface area is 250 Å². The van der Waals surface area contributed by atoms with Gasteiger partial charge in [-0.1, -0.05) is 30.3 Å². The molecule has 2 aliphatic rings. The van der Waals surface area contributed by atoms with Crippen LogP contribution in [0.4, 0.5) is 5.69 Å². The van der Waals surface area contributed by atoms with Gasteiger partial charge in [0, 0.05) is 81.5 Å². The SMILES string of the molecule is Cc1cc(CCCN2CCN(C)CC2)nc2ccc(NC(=O)CCC(=O)NC3CCN(Cc4ccccc4)CC3)cc12. The number of anilines is 1. The highest BCUT2D eigenvalue weighted by Crippen LogP contribution is 2.23. The number of rotatable bonds is 11. The lowest BCUT2D eigenvalue weighted by atomic mass is 10.0. The van der Waals surface area contributed by atoms with Crippen molar-refractivity contribution in [2.75, 3.05) is 58.2 Å². The summed E-state index contributed by atoms with van der Waals surface area (Å²) in [6, 6.07) is 18.7. The van der Waals surface area contributed by atoms with Crippen molar-refractivity contribution in [3.8, 4) is 0 Å². The molecule has 224 valence electrons. The van der Waals surface area contributed by atoms with Crippen LogP contribution in [0.25, 0.3) is 10.9 Å². The molecule has 2 saturated heterocycles. The van der Waals surface area contributed by atoms with Crippen LogP contribution in [0, 0.1) is 6.92 Å². The maximum absolute atomic E-state index is 12.6. The molecule has 3 heterocycles. The molecule has 2 aliphatic heterocycles. The first-order chi connectivity index (χ1) is 20.4. The maximum atomic E-state index is 12.6. The summed E-state index contributed by atoms with van der Waals surface area (Å²) < 4.78 is 0. The highest BCUT2D eigenvalue weighted by molar-refractivity contribution is 5.96. The normalized spacial score (nSPS) is 17.4. The molecule has 2 fully saturated rings. The van der Waals surface area contributed by atoms with Crippen LogP contribution in [-0.4, -0.2) is 90.4 Å². The Morgan fingerprint density at radius 2 is 1.62 bits per heavy atom. The first-order valence-corrected chi connectivity index (χ1v) is 15.6. The monoisotopic (exact) mass is 570 g/mol. The van der Waals surface area contributed by atoms with Crippen LogP contribution in [-0.2, 0) is 22.6 Å². The largest absolute Gasteiger partial charge is 0.353 e. The highest BCUT2D eigenvalue weighted by Gasteiger charge is 2.21. The topological polar surface area (TPSA) is 80.8 Å². The number of likely N-dealkylation sites (N-methyl/N-ethyl adjacent to an activating group) is 1. The summed E-state index contributed by atoms with van der Waals surface area (Å²) in [6.45, 7) is 10.7. The summed E-state index contributed by atoms with van der Waals surface area (Å²) in [5.41, 5.74) is 5.31. The first-order valence-electron chi connectivity index (χ1n) is 15.6. The molecule has 2 N–H and O–H groups in total. The third kappa shape index (κ3) is 8.84. The van der Waals surface area contributed by atoms with Crippen molar-refractivity contribution < 1.29 is 9.59 Å². The maximum Gasteiger partial charge on any atom is 0.224 e. The number of carbonyl (C=O) groups excluding carboxylic acids is 2. The zero-order valence-corrected chi connectivity index (χ0v) is 25.3. The number of piperidine rings is 1. The Balaban J connectivity index is 1.03. The molecule has 0 unspecified atom stereocenters. The third-order valence-electron chi connectivity index (χ3n) is 8.64. The number of fused-ring (bicyclic) bond motifs is 1. The molecule has 1 aromatic heterocycles. The minimum atomic E-state index is -0.145. The Kier molecular flexibility index (Phi) is 10.6. The molecule has 0 spiro atoms. The molecular formula is C34H46N6O2. The highest BCUT2D eigenvalue weighted by atomic mass is 16.2. The molecule has 2 amide bonds. The molecular weight excluding hydrogens is 524 g/mol. The van der Waals surface area contributed by atoms with Gasteiger partial charge >= 0.3 is 0 Å². The summed E-state index contributed by atoms with van der Waals surface area (Å²) in [5.74, 6) is -0.196. The second kappa shape index (κ2) is 14.7. The average molecular weight is 571 g/mol. The molecule has 42 heavy (non-hydrogen) atoms. The van der Waals surface area contributed by atoms with Gasteiger partial charge in [0.05, 0.1) is 5.52 Å². The van der Waals surface area contributed by atoms with Crippen LogP contribution in [0.3, 0.4) is 0 Å². The van der Waals surface area contributed by atoms with Crippen LogP contribution in [0.15, 0.2) is 54.6 Å². The zero-order chi connectivity index (χ0) is 29.3. The fraction of sp³-hybridized carbons (Fsp3) is 0.500. The Morgan fingerprint density at radius 1 is 0.881 bits per heavy atom. The first kappa shape index (κ1) is 30.1. The number of carbonyl (C=O) groups is 2. The molecule has 0 saturated carbocycles. The minimum absolute atomic E-state index is 0.0506. The predicted octanol–water partition coefficient (Wildman–Crippen LogP) is 4.22. The third-order valence-corrected chi connectivity index (χ3v) is 8.64. The van der Waals surface area contributed by atoms with Crippen LogP contribution >= 0.6 is 0 Å². The number of nitrogens with one attached hydrogen (secondary N) is 2. The molecule has 2 aromatic carbocycles. The van der Waals surface area contributed by atoms with Gasteiger partial charge in [0.1, 0.15) is 0 Å². The number of nitrogens with zero attached hydrogens (tertiary/aromatic N) is 4. The van der Waals surface area contributed by atoms with Gasteiger partial charge in [-0.2, -0.15) is 0 Å². The number of likely N-dealkylation sites (tertiary alicyclic amines) is 1. The minimum Gasteiger partial charge on any atom is -0.353 e. The van der Waals surface area contributed by atoms with E-state index in [0.717, 1.165) is 100 Å². The van der Waals surface area contributed by atoms with Crippen LogP contribution < -0.4 is 10.6 Å². The molecule has 5 rings (SSSR count). The van der Waals surface area contributed by atoms with E-state index in [1.54, 1.807) is 0 Å². The van der Waals surface area contributed by atoms with E-state index in [9.17, 15) is 9.59 Å². The van der Waals surface area contributed by atoms with Gasteiger partial charge in [0.25, 0.3) is 0 Å². The fourth-order valence-electron chi connectivity index (χ4n) is 6.05. The number of aryl methyl sites for hydroxylation is 2. The summed E-state index contributed by atoms with van der Waals surface area (Å²) in [4.78, 5) is 37.5. The number of aromatic nitrogens is 1. The van der Waals surface area contributed by atoms with Crippen molar-refractivity contribution in [1.82, 2.24) is 25.0 Å². The van der Waals surface area contributed by atoms with Crippen molar-refractivity contribution in [3.63, 3.8) is 0 Å². The summed E-state index contributed by atoms with van der Waals surface area (Å²) >= 11 is 0. The van der Waals surface area contributed by atoms with Gasteiger partial charge in [-0.3, -0.25) is 19.5 Å². The lowest BCUT2D eigenvalue weighted by molar-refractivity contribution is -0.125. The zero-order valence-electron chi connectivity index (χ0n) is 25.3. The van der Waals surface area contributed by atoms with Crippen LogP contribution in [0.1, 0.15) is 48.9 Å². The van der Waals surface area contributed by atoms with E-state index in [1.165, 1.54) is 11.1 Å². The van der Waals surface area contributed by atoms with E-state index < -0.39 is 0 Å². The molecule has 3 aromatic rings. The molecule has 0 radical (unpaired) electrons. The van der Waals surface area contributed by atoms with E-state index in [1.807, 2.05) is 24.3 Å². The lowest BCUT2D eigenvalue weighted by Gasteiger charge is -2.32. The number of pyridine rings is 1. The van der Waals surface area contributed by atoms with Gasteiger partial charge in [0.15, 0.2) is 0 Å². The second-order valence-corrected chi connectivity index (χ2v) is 12.1. The van der Waals surface area contributed by atoms with E-state index in [0.29, 0.717) is 0 Å². The molecule has 0 aliphatic carbocycles. The van der Waals surface area contributed by atoms with Gasteiger partial charge in [-0.25, -0.2) is 0 Å². The Hall–Kier alpha value is -3.33. The number of hydrogen-bond acceptors (Lipinski definition) is 6. The number of piperazine rings is 1. The Morgan fingerprint density at radius 3 is 2.38 bits per heavy atom. The van der Waals surface area contributed by atoms with Gasteiger partial charge in [0.2, 0.25) is 11.8 Å². The van der Waals surface area contributed by atoms with E-state index in [4.69, 9.17) is 4.98 Å². The molecule has 8 heteroatoms. The summed E-state index contributed by atoms with van der Waals surface area (Å²) in [7, 11) is 2.19.